The monoisotopic (exact) mass is 306 g/mol. The second-order valence-corrected chi connectivity index (χ2v) is 5.04. The lowest BCUT2D eigenvalue weighted by Gasteiger charge is -2.10. The van der Waals surface area contributed by atoms with E-state index in [9.17, 15) is 10.1 Å². The van der Waals surface area contributed by atoms with Crippen LogP contribution in [0.25, 0.3) is 0 Å². The third kappa shape index (κ3) is 3.86. The van der Waals surface area contributed by atoms with E-state index in [1.807, 2.05) is 25.1 Å². The number of rotatable bonds is 5. The maximum absolute atomic E-state index is 10.9. The molecule has 6 heteroatoms. The molecule has 1 N–H and O–H groups in total. The molecule has 0 unspecified atom stereocenters. The summed E-state index contributed by atoms with van der Waals surface area (Å²) in [5.41, 5.74) is 2.63. The number of non-ortho nitro benzene ring substituents is 1. The molecule has 110 valence electrons. The van der Waals surface area contributed by atoms with Gasteiger partial charge in [0, 0.05) is 12.6 Å². The standard InChI is InChI=1S/C15H15ClN2O3/c1-10-3-4-14(16)15(5-10)17-9-11-6-12(18(19)20)8-13(7-11)21-2/h3-8,17H,9H2,1-2H3. The van der Waals surface area contributed by atoms with Crippen molar-refractivity contribution in [2.24, 2.45) is 0 Å². The molecule has 5 nitrogen and oxygen atoms in total. The minimum atomic E-state index is -0.439. The fourth-order valence-electron chi connectivity index (χ4n) is 1.94. The number of nitro groups is 1. The highest BCUT2D eigenvalue weighted by Gasteiger charge is 2.10. The fraction of sp³-hybridized carbons (Fsp3) is 0.200. The van der Waals surface area contributed by atoms with E-state index < -0.39 is 4.92 Å². The lowest BCUT2D eigenvalue weighted by molar-refractivity contribution is -0.385. The molecule has 0 atom stereocenters. The van der Waals surface area contributed by atoms with Crippen molar-refractivity contribution >= 4 is 23.0 Å². The largest absolute Gasteiger partial charge is 0.496 e. The van der Waals surface area contributed by atoms with Gasteiger partial charge in [0.1, 0.15) is 5.75 Å². The number of benzene rings is 2. The van der Waals surface area contributed by atoms with E-state index in [0.29, 0.717) is 17.3 Å². The number of nitrogens with zero attached hydrogens (tertiary/aromatic N) is 1. The van der Waals surface area contributed by atoms with E-state index in [0.717, 1.165) is 16.8 Å². The molecule has 0 saturated carbocycles. The van der Waals surface area contributed by atoms with Crippen molar-refractivity contribution in [3.8, 4) is 5.75 Å². The Labute approximate surface area is 127 Å². The molecule has 0 bridgehead atoms. The van der Waals surface area contributed by atoms with E-state index >= 15 is 0 Å². The average Bonchev–Trinajstić information content (AvgIpc) is 2.47. The Morgan fingerprint density at radius 2 is 2.05 bits per heavy atom. The SMILES string of the molecule is COc1cc(CNc2cc(C)ccc2Cl)cc([N+](=O)[O-])c1. The summed E-state index contributed by atoms with van der Waals surface area (Å²) < 4.78 is 5.08. The molecule has 0 saturated heterocycles. The number of anilines is 1. The second kappa shape index (κ2) is 6.45. The van der Waals surface area contributed by atoms with Crippen molar-refractivity contribution in [2.75, 3.05) is 12.4 Å². The number of nitro benzene ring substituents is 1. The minimum Gasteiger partial charge on any atom is -0.496 e. The third-order valence-electron chi connectivity index (χ3n) is 3.00. The van der Waals surface area contributed by atoms with Crippen LogP contribution in [0.5, 0.6) is 5.75 Å². The van der Waals surface area contributed by atoms with Gasteiger partial charge in [0.05, 0.1) is 28.8 Å². The summed E-state index contributed by atoms with van der Waals surface area (Å²) in [6, 6.07) is 10.3. The number of nitrogens with one attached hydrogen (secondary N) is 1. The zero-order chi connectivity index (χ0) is 15.4. The smallest absolute Gasteiger partial charge is 0.273 e. The highest BCUT2D eigenvalue weighted by Crippen LogP contribution is 2.26. The fourth-order valence-corrected chi connectivity index (χ4v) is 2.12. The molecule has 0 radical (unpaired) electrons. The summed E-state index contributed by atoms with van der Waals surface area (Å²) in [7, 11) is 1.48. The van der Waals surface area contributed by atoms with Crippen molar-refractivity contribution in [1.29, 1.82) is 0 Å². The lowest BCUT2D eigenvalue weighted by atomic mass is 10.1. The molecule has 0 aliphatic heterocycles. The van der Waals surface area contributed by atoms with Gasteiger partial charge in [0.15, 0.2) is 0 Å². The molecule has 2 aromatic rings. The first-order chi connectivity index (χ1) is 9.99. The Morgan fingerprint density at radius 1 is 1.29 bits per heavy atom. The number of ether oxygens (including phenoxy) is 1. The summed E-state index contributed by atoms with van der Waals surface area (Å²) >= 11 is 6.11. The molecule has 0 amide bonds. The first-order valence-corrected chi connectivity index (χ1v) is 6.70. The zero-order valence-electron chi connectivity index (χ0n) is 11.7. The molecule has 0 aliphatic carbocycles. The van der Waals surface area contributed by atoms with Crippen LogP contribution in [0.2, 0.25) is 5.02 Å². The van der Waals surface area contributed by atoms with Crippen LogP contribution < -0.4 is 10.1 Å². The van der Waals surface area contributed by atoms with Crippen LogP contribution in [-0.2, 0) is 6.54 Å². The lowest BCUT2D eigenvalue weighted by Crippen LogP contribution is -2.02. The van der Waals surface area contributed by atoms with Gasteiger partial charge in [-0.3, -0.25) is 10.1 Å². The number of halogens is 1. The van der Waals surface area contributed by atoms with Gasteiger partial charge < -0.3 is 10.1 Å². The molecule has 0 heterocycles. The van der Waals surface area contributed by atoms with E-state index in [1.165, 1.54) is 19.2 Å². The van der Waals surface area contributed by atoms with Crippen molar-refractivity contribution < 1.29 is 9.66 Å². The first-order valence-electron chi connectivity index (χ1n) is 6.32. The Bertz CT molecular complexity index is 674. The summed E-state index contributed by atoms with van der Waals surface area (Å²) in [5, 5.41) is 14.7. The number of hydrogen-bond donors (Lipinski definition) is 1. The van der Waals surface area contributed by atoms with Gasteiger partial charge in [0.25, 0.3) is 5.69 Å². The summed E-state index contributed by atoms with van der Waals surface area (Å²) in [6.45, 7) is 2.39. The summed E-state index contributed by atoms with van der Waals surface area (Å²) in [4.78, 5) is 10.5. The van der Waals surface area contributed by atoms with Gasteiger partial charge >= 0.3 is 0 Å². The summed E-state index contributed by atoms with van der Waals surface area (Å²) in [6.07, 6.45) is 0. The molecule has 2 aromatic carbocycles. The maximum atomic E-state index is 10.9. The van der Waals surface area contributed by atoms with Crippen LogP contribution in [-0.4, -0.2) is 12.0 Å². The number of aryl methyl sites for hydroxylation is 1. The van der Waals surface area contributed by atoms with Crippen molar-refractivity contribution in [2.45, 2.75) is 13.5 Å². The van der Waals surface area contributed by atoms with E-state index in [2.05, 4.69) is 5.32 Å². The Hall–Kier alpha value is -2.27. The van der Waals surface area contributed by atoms with Crippen LogP contribution >= 0.6 is 11.6 Å². The van der Waals surface area contributed by atoms with Crippen molar-refractivity contribution in [1.82, 2.24) is 0 Å². The van der Waals surface area contributed by atoms with Crippen LogP contribution in [0.1, 0.15) is 11.1 Å². The quantitative estimate of drug-likeness (QED) is 0.665. The zero-order valence-corrected chi connectivity index (χ0v) is 12.5. The van der Waals surface area contributed by atoms with Gasteiger partial charge in [-0.25, -0.2) is 0 Å². The van der Waals surface area contributed by atoms with Gasteiger partial charge in [-0.05, 0) is 36.2 Å². The van der Waals surface area contributed by atoms with Crippen molar-refractivity contribution in [3.05, 3.63) is 62.7 Å². The molecular formula is C15H15ClN2O3. The van der Waals surface area contributed by atoms with Crippen LogP contribution in [0, 0.1) is 17.0 Å². The Kier molecular flexibility index (Phi) is 4.65. The van der Waals surface area contributed by atoms with E-state index in [4.69, 9.17) is 16.3 Å². The van der Waals surface area contributed by atoms with E-state index in [-0.39, 0.29) is 5.69 Å². The number of methoxy groups -OCH3 is 1. The van der Waals surface area contributed by atoms with Gasteiger partial charge in [-0.15, -0.1) is 0 Å². The first kappa shape index (κ1) is 15.1. The topological polar surface area (TPSA) is 64.4 Å². The average molecular weight is 307 g/mol. The normalized spacial score (nSPS) is 10.2. The van der Waals surface area contributed by atoms with Crippen LogP contribution in [0.3, 0.4) is 0 Å². The molecule has 21 heavy (non-hydrogen) atoms. The predicted molar refractivity (Wildman–Crippen MR) is 83.2 cm³/mol. The maximum Gasteiger partial charge on any atom is 0.273 e. The number of hydrogen-bond acceptors (Lipinski definition) is 4. The van der Waals surface area contributed by atoms with E-state index in [1.54, 1.807) is 6.07 Å². The Balaban J connectivity index is 2.21. The van der Waals surface area contributed by atoms with Crippen molar-refractivity contribution in [3.63, 3.8) is 0 Å². The minimum absolute atomic E-state index is 0.00138. The predicted octanol–water partition coefficient (Wildman–Crippen LogP) is 4.18. The molecule has 0 aliphatic rings. The molecule has 0 fully saturated rings. The van der Waals surface area contributed by atoms with Gasteiger partial charge in [-0.1, -0.05) is 17.7 Å². The summed E-state index contributed by atoms with van der Waals surface area (Å²) in [5.74, 6) is 0.455. The van der Waals surface area contributed by atoms with Crippen LogP contribution in [0.4, 0.5) is 11.4 Å². The second-order valence-electron chi connectivity index (χ2n) is 4.63. The van der Waals surface area contributed by atoms with Gasteiger partial charge in [-0.2, -0.15) is 0 Å². The van der Waals surface area contributed by atoms with Gasteiger partial charge in [0.2, 0.25) is 0 Å². The highest BCUT2D eigenvalue weighted by molar-refractivity contribution is 6.33. The molecule has 0 aromatic heterocycles. The molecule has 0 spiro atoms. The molecular weight excluding hydrogens is 292 g/mol. The third-order valence-corrected chi connectivity index (χ3v) is 3.33. The molecule has 2 rings (SSSR count). The highest BCUT2D eigenvalue weighted by atomic mass is 35.5. The van der Waals surface area contributed by atoms with Crippen LogP contribution in [0.15, 0.2) is 36.4 Å². The Morgan fingerprint density at radius 3 is 2.71 bits per heavy atom.